The van der Waals surface area contributed by atoms with Crippen LogP contribution >= 0.6 is 0 Å². The summed E-state index contributed by atoms with van der Waals surface area (Å²) in [5.41, 5.74) is 0.678. The molecule has 186 valence electrons. The molecule has 9 nitrogen and oxygen atoms in total. The molecule has 2 aliphatic heterocycles. The van der Waals surface area contributed by atoms with Crippen molar-refractivity contribution in [2.75, 3.05) is 48.0 Å². The van der Waals surface area contributed by atoms with Crippen molar-refractivity contribution in [2.24, 2.45) is 5.92 Å². The van der Waals surface area contributed by atoms with Crippen LogP contribution in [0.3, 0.4) is 0 Å². The summed E-state index contributed by atoms with van der Waals surface area (Å²) < 4.78 is 23.6. The molecule has 0 spiro atoms. The molecule has 0 unspecified atom stereocenters. The minimum absolute atomic E-state index is 0.0443. The van der Waals surface area contributed by atoms with Gasteiger partial charge in [-0.3, -0.25) is 9.59 Å². The third-order valence-electron chi connectivity index (χ3n) is 6.77. The van der Waals surface area contributed by atoms with Gasteiger partial charge in [0.1, 0.15) is 11.9 Å². The number of fused-ring (bicyclic) bond motifs is 3. The van der Waals surface area contributed by atoms with Crippen LogP contribution < -0.4 is 4.74 Å². The van der Waals surface area contributed by atoms with Gasteiger partial charge in [-0.1, -0.05) is 6.92 Å². The molecule has 5 atom stereocenters. The molecule has 2 amide bonds. The average molecular weight is 474 g/mol. The van der Waals surface area contributed by atoms with E-state index in [4.69, 9.17) is 18.9 Å². The first-order valence-electron chi connectivity index (χ1n) is 11.7. The van der Waals surface area contributed by atoms with Crippen LogP contribution in [0.5, 0.6) is 5.75 Å². The molecular weight excluding hydrogens is 438 g/mol. The molecule has 0 aliphatic carbocycles. The highest BCUT2D eigenvalue weighted by molar-refractivity contribution is 5.97. The fourth-order valence-corrected chi connectivity index (χ4v) is 4.64. The Hall–Kier alpha value is -2.67. The van der Waals surface area contributed by atoms with Gasteiger partial charge in [0.25, 0.3) is 5.91 Å². The second kappa shape index (κ2) is 11.6. The van der Waals surface area contributed by atoms with Gasteiger partial charge in [-0.15, -0.1) is 0 Å². The maximum absolute atomic E-state index is 13.3. The Morgan fingerprint density at radius 3 is 2.44 bits per heavy atom. The molecule has 34 heavy (non-hydrogen) atoms. The molecule has 1 aromatic rings. The molecular formula is C25H35N3O6. The first-order chi connectivity index (χ1) is 16.3. The van der Waals surface area contributed by atoms with Gasteiger partial charge in [0.2, 0.25) is 5.91 Å². The van der Waals surface area contributed by atoms with E-state index in [1.54, 1.807) is 45.2 Å². The number of methoxy groups -OCH3 is 2. The van der Waals surface area contributed by atoms with Gasteiger partial charge in [0, 0.05) is 47.8 Å². The normalized spacial score (nSPS) is 29.2. The largest absolute Gasteiger partial charge is 0.493 e. The van der Waals surface area contributed by atoms with E-state index < -0.39 is 12.0 Å². The predicted octanol–water partition coefficient (Wildman–Crippen LogP) is 2.08. The van der Waals surface area contributed by atoms with Gasteiger partial charge in [-0.25, -0.2) is 0 Å². The molecule has 2 aliphatic rings. The van der Waals surface area contributed by atoms with Crippen molar-refractivity contribution < 1.29 is 28.5 Å². The Balaban J connectivity index is 1.93. The zero-order valence-corrected chi connectivity index (χ0v) is 20.7. The summed E-state index contributed by atoms with van der Waals surface area (Å²) >= 11 is 0. The van der Waals surface area contributed by atoms with E-state index in [1.165, 1.54) is 18.1 Å². The second-order valence-electron chi connectivity index (χ2n) is 9.08. The molecule has 1 fully saturated rings. The van der Waals surface area contributed by atoms with E-state index in [0.717, 1.165) is 12.8 Å². The summed E-state index contributed by atoms with van der Waals surface area (Å²) in [7, 11) is 6.61. The Kier molecular flexibility index (Phi) is 8.89. The molecule has 1 saturated heterocycles. The van der Waals surface area contributed by atoms with E-state index in [2.05, 4.69) is 6.07 Å². The third kappa shape index (κ3) is 5.87. The van der Waals surface area contributed by atoms with Crippen LogP contribution in [0.4, 0.5) is 0 Å². The minimum Gasteiger partial charge on any atom is -0.493 e. The number of hydrogen-bond acceptors (Lipinski definition) is 7. The SMILES string of the molecule is CO[C@H]1CC[C@@H]2CCOc3ccc(C#N)cc3C(=O)N(C)C[C@H](OC)[C@H](C)C(=O)N(C)C[C@@H]1O2. The highest BCUT2D eigenvalue weighted by Gasteiger charge is 2.35. The molecule has 9 heteroatoms. The smallest absolute Gasteiger partial charge is 0.257 e. The second-order valence-corrected chi connectivity index (χ2v) is 9.08. The van der Waals surface area contributed by atoms with Crippen molar-refractivity contribution in [1.29, 1.82) is 5.26 Å². The number of nitriles is 1. The lowest BCUT2D eigenvalue weighted by atomic mass is 9.97. The van der Waals surface area contributed by atoms with Gasteiger partial charge in [0.15, 0.2) is 0 Å². The third-order valence-corrected chi connectivity index (χ3v) is 6.77. The topological polar surface area (TPSA) is 101 Å². The fraction of sp³-hybridized carbons (Fsp3) is 0.640. The molecule has 0 N–H and O–H groups in total. The number of hydrogen-bond donors (Lipinski definition) is 0. The quantitative estimate of drug-likeness (QED) is 0.648. The lowest BCUT2D eigenvalue weighted by Crippen LogP contribution is -2.50. The van der Waals surface area contributed by atoms with Crippen LogP contribution in [-0.4, -0.2) is 94.0 Å². The molecule has 1 aromatic carbocycles. The first kappa shape index (κ1) is 25.9. The van der Waals surface area contributed by atoms with Crippen molar-refractivity contribution in [3.63, 3.8) is 0 Å². The van der Waals surface area contributed by atoms with Crippen LogP contribution in [0.2, 0.25) is 0 Å². The van der Waals surface area contributed by atoms with Crippen LogP contribution in [0, 0.1) is 17.2 Å². The van der Waals surface area contributed by atoms with E-state index >= 15 is 0 Å². The van der Waals surface area contributed by atoms with Crippen LogP contribution in [0.15, 0.2) is 18.2 Å². The van der Waals surface area contributed by atoms with E-state index in [9.17, 15) is 14.9 Å². The Bertz CT molecular complexity index is 916. The first-order valence-corrected chi connectivity index (χ1v) is 11.7. The van der Waals surface area contributed by atoms with Gasteiger partial charge in [-0.2, -0.15) is 5.26 Å². The van der Waals surface area contributed by atoms with Crippen molar-refractivity contribution in [1.82, 2.24) is 9.80 Å². The summed E-state index contributed by atoms with van der Waals surface area (Å²) in [6.45, 7) is 2.77. The van der Waals surface area contributed by atoms with E-state index in [0.29, 0.717) is 36.4 Å². The van der Waals surface area contributed by atoms with Crippen molar-refractivity contribution in [2.45, 2.75) is 50.6 Å². The summed E-state index contributed by atoms with van der Waals surface area (Å²) in [4.78, 5) is 29.7. The molecule has 2 bridgehead atoms. The number of benzene rings is 1. The Morgan fingerprint density at radius 2 is 1.76 bits per heavy atom. The fourth-order valence-electron chi connectivity index (χ4n) is 4.64. The number of carbonyl (C=O) groups excluding carboxylic acids is 2. The van der Waals surface area contributed by atoms with Crippen molar-refractivity contribution >= 4 is 11.8 Å². The molecule has 0 radical (unpaired) electrons. The predicted molar refractivity (Wildman–Crippen MR) is 125 cm³/mol. The minimum atomic E-state index is -0.515. The molecule has 0 aromatic heterocycles. The maximum atomic E-state index is 13.3. The molecule has 3 rings (SSSR count). The maximum Gasteiger partial charge on any atom is 0.257 e. The van der Waals surface area contributed by atoms with Gasteiger partial charge < -0.3 is 28.7 Å². The van der Waals surface area contributed by atoms with Crippen molar-refractivity contribution in [3.8, 4) is 11.8 Å². The lowest BCUT2D eigenvalue weighted by Gasteiger charge is -2.38. The summed E-state index contributed by atoms with van der Waals surface area (Å²) in [6, 6.07) is 6.90. The highest BCUT2D eigenvalue weighted by atomic mass is 16.5. The standard InChI is InChI=1S/C25H35N3O6/c1-16-22(32-5)14-28(3)25(30)19-12-17(13-26)6-8-20(19)33-11-10-18-7-9-21(31-4)23(34-18)15-27(2)24(16)29/h6,8,12,16,18,21-23H,7,9-11,14-15H2,1-5H3/t16-,18+,21-,22-,23-/m0/s1. The Morgan fingerprint density at radius 1 is 1.03 bits per heavy atom. The lowest BCUT2D eigenvalue weighted by molar-refractivity contribution is -0.154. The zero-order chi connectivity index (χ0) is 24.8. The summed E-state index contributed by atoms with van der Waals surface area (Å²) in [5, 5.41) is 9.33. The molecule has 2 heterocycles. The zero-order valence-electron chi connectivity index (χ0n) is 20.7. The van der Waals surface area contributed by atoms with Crippen LogP contribution in [0.25, 0.3) is 0 Å². The Labute approximate surface area is 201 Å². The summed E-state index contributed by atoms with van der Waals surface area (Å²) in [5.74, 6) is -0.454. The van der Waals surface area contributed by atoms with Crippen LogP contribution in [0.1, 0.15) is 42.1 Å². The van der Waals surface area contributed by atoms with Gasteiger partial charge in [0.05, 0.1) is 48.0 Å². The monoisotopic (exact) mass is 473 g/mol. The number of rotatable bonds is 2. The van der Waals surface area contributed by atoms with Gasteiger partial charge >= 0.3 is 0 Å². The summed E-state index contributed by atoms with van der Waals surface area (Å²) in [6.07, 6.45) is 1.39. The van der Waals surface area contributed by atoms with Crippen molar-refractivity contribution in [3.05, 3.63) is 29.3 Å². The number of amides is 2. The molecule has 0 saturated carbocycles. The number of carbonyl (C=O) groups is 2. The number of ether oxygens (including phenoxy) is 4. The van der Waals surface area contributed by atoms with Gasteiger partial charge in [-0.05, 0) is 31.0 Å². The average Bonchev–Trinajstić information content (AvgIpc) is 2.85. The highest BCUT2D eigenvalue weighted by Crippen LogP contribution is 2.27. The van der Waals surface area contributed by atoms with Crippen LogP contribution in [-0.2, 0) is 19.0 Å². The number of nitrogens with zero attached hydrogens (tertiary/aromatic N) is 3. The van der Waals surface area contributed by atoms with E-state index in [-0.39, 0.29) is 36.7 Å². The number of likely N-dealkylation sites (N-methyl/N-ethyl adjacent to an activating group) is 2. The van der Waals surface area contributed by atoms with E-state index in [1.807, 2.05) is 0 Å².